The molecule has 2 atom stereocenters. The molecule has 0 amide bonds. The third-order valence-corrected chi connectivity index (χ3v) is 12.7. The average molecular weight is 686 g/mol. The number of aryl methyl sites for hydroxylation is 7. The molecule has 1 nitrogen and oxygen atoms in total. The van der Waals surface area contributed by atoms with Crippen molar-refractivity contribution in [2.75, 3.05) is 0 Å². The number of nitrogens with zero attached hydrogens (tertiary/aromatic N) is 1. The highest BCUT2D eigenvalue weighted by Crippen LogP contribution is 2.48. The number of aromatic nitrogens is 1. The maximum absolute atomic E-state index is 5.42. The van der Waals surface area contributed by atoms with Gasteiger partial charge in [0.2, 0.25) is 6.71 Å². The van der Waals surface area contributed by atoms with Gasteiger partial charge in [-0.1, -0.05) is 154 Å². The largest absolute Gasteiger partial charge is 0.252 e. The van der Waals surface area contributed by atoms with Crippen LogP contribution in [0, 0.1) is 55.4 Å². The van der Waals surface area contributed by atoms with Crippen molar-refractivity contribution in [2.24, 2.45) is 0 Å². The van der Waals surface area contributed by atoms with Gasteiger partial charge in [-0.15, -0.1) is 0 Å². The van der Waals surface area contributed by atoms with Crippen LogP contribution in [-0.4, -0.2) is 11.7 Å². The van der Waals surface area contributed by atoms with Gasteiger partial charge in [0.25, 0.3) is 0 Å². The SMILES string of the molecule is CCCC(CC(C)c1ccc(C)c(B(c2c(C)cc(C)cc2C)c2c(C)cc(C)cc2C)c1C)c1cc2c3c(cccc3n1)Sc1ccccc1-2. The summed E-state index contributed by atoms with van der Waals surface area (Å²) in [7, 11) is 0. The van der Waals surface area contributed by atoms with Gasteiger partial charge < -0.3 is 0 Å². The molecular weight excluding hydrogens is 633 g/mol. The molecule has 0 spiro atoms. The Balaban J connectivity index is 1.34. The van der Waals surface area contributed by atoms with E-state index in [0.717, 1.165) is 24.8 Å². The highest BCUT2D eigenvalue weighted by atomic mass is 32.2. The van der Waals surface area contributed by atoms with E-state index in [1.54, 1.807) is 0 Å². The van der Waals surface area contributed by atoms with Crippen molar-refractivity contribution in [2.45, 2.75) is 110 Å². The fraction of sp³-hybridized carbons (Fsp3) is 0.312. The summed E-state index contributed by atoms with van der Waals surface area (Å²) in [5.74, 6) is 0.754. The van der Waals surface area contributed by atoms with Gasteiger partial charge in [0.1, 0.15) is 0 Å². The molecule has 2 unspecified atom stereocenters. The molecule has 7 rings (SSSR count). The van der Waals surface area contributed by atoms with Crippen molar-refractivity contribution in [1.82, 2.24) is 4.98 Å². The van der Waals surface area contributed by atoms with Crippen LogP contribution >= 0.6 is 11.8 Å². The minimum Gasteiger partial charge on any atom is -0.252 e. The van der Waals surface area contributed by atoms with E-state index in [-0.39, 0.29) is 6.71 Å². The van der Waals surface area contributed by atoms with E-state index >= 15 is 0 Å². The molecule has 51 heavy (non-hydrogen) atoms. The second-order valence-corrected chi connectivity index (χ2v) is 16.6. The van der Waals surface area contributed by atoms with Crippen LogP contribution in [0.3, 0.4) is 0 Å². The van der Waals surface area contributed by atoms with Crippen molar-refractivity contribution in [3.63, 3.8) is 0 Å². The van der Waals surface area contributed by atoms with Gasteiger partial charge in [0.15, 0.2) is 0 Å². The molecule has 6 aromatic rings. The number of rotatable bonds is 9. The topological polar surface area (TPSA) is 12.9 Å². The summed E-state index contributed by atoms with van der Waals surface area (Å²) in [5.41, 5.74) is 21.9. The van der Waals surface area contributed by atoms with E-state index < -0.39 is 0 Å². The van der Waals surface area contributed by atoms with Gasteiger partial charge in [0.05, 0.1) is 5.52 Å². The monoisotopic (exact) mass is 685 g/mol. The molecule has 0 N–H and O–H groups in total. The quantitative estimate of drug-likeness (QED) is 0.140. The predicted molar refractivity (Wildman–Crippen MR) is 224 cm³/mol. The van der Waals surface area contributed by atoms with Gasteiger partial charge in [0, 0.05) is 26.8 Å². The lowest BCUT2D eigenvalue weighted by molar-refractivity contribution is 0.510. The summed E-state index contributed by atoms with van der Waals surface area (Å²) in [6.07, 6.45) is 3.33. The lowest BCUT2D eigenvalue weighted by atomic mass is 9.33. The maximum atomic E-state index is 5.42. The van der Waals surface area contributed by atoms with Crippen LogP contribution < -0.4 is 16.4 Å². The van der Waals surface area contributed by atoms with E-state index in [1.165, 1.54) is 98.5 Å². The molecule has 5 aromatic carbocycles. The Labute approximate surface area is 311 Å². The molecule has 1 aromatic heterocycles. The van der Waals surface area contributed by atoms with E-state index in [1.807, 2.05) is 11.8 Å². The van der Waals surface area contributed by atoms with Gasteiger partial charge in [-0.05, 0) is 115 Å². The lowest BCUT2D eigenvalue weighted by Crippen LogP contribution is -2.57. The second-order valence-electron chi connectivity index (χ2n) is 15.5. The third-order valence-electron chi connectivity index (χ3n) is 11.6. The molecule has 0 fully saturated rings. The zero-order valence-corrected chi connectivity index (χ0v) is 33.1. The van der Waals surface area contributed by atoms with Crippen LogP contribution in [0.4, 0.5) is 0 Å². The van der Waals surface area contributed by atoms with Gasteiger partial charge in [-0.2, -0.15) is 0 Å². The number of benzene rings is 5. The first-order valence-electron chi connectivity index (χ1n) is 18.9. The Bertz CT molecular complexity index is 2200. The Morgan fingerprint density at radius 3 is 1.86 bits per heavy atom. The lowest BCUT2D eigenvalue weighted by Gasteiger charge is -2.30. The Kier molecular flexibility index (Phi) is 9.81. The fourth-order valence-electron chi connectivity index (χ4n) is 9.55. The van der Waals surface area contributed by atoms with Gasteiger partial charge in [-0.3, -0.25) is 4.98 Å². The second kappa shape index (κ2) is 14.2. The van der Waals surface area contributed by atoms with Crippen LogP contribution in [0.1, 0.15) is 101 Å². The molecule has 0 saturated heterocycles. The standard InChI is InChI=1S/C48H52BNS/c1-11-15-37(42-27-40-39-16-12-13-18-43(39)51-44-19-14-17-41(50-42)45(40)44)26-31(5)38-21-20-30(4)48(36(38)10)49(46-32(6)22-28(2)23-33(46)7)47-34(8)24-29(3)25-35(47)9/h12-14,16-25,27,31,37H,11,15,26H2,1-10H3. The number of pyridine rings is 1. The molecule has 2 heterocycles. The van der Waals surface area contributed by atoms with Crippen LogP contribution in [0.15, 0.2) is 94.7 Å². The minimum absolute atomic E-state index is 0.173. The highest BCUT2D eigenvalue weighted by Gasteiger charge is 2.32. The van der Waals surface area contributed by atoms with Crippen molar-refractivity contribution in [3.05, 3.63) is 141 Å². The Hall–Kier alpha value is -4.08. The average Bonchev–Trinajstić information content (AvgIpc) is 3.07. The molecule has 0 radical (unpaired) electrons. The summed E-state index contributed by atoms with van der Waals surface area (Å²) in [5, 5.41) is 1.31. The molecule has 1 aliphatic rings. The van der Waals surface area contributed by atoms with Gasteiger partial charge in [-0.25, -0.2) is 0 Å². The zero-order chi connectivity index (χ0) is 36.1. The third kappa shape index (κ3) is 6.48. The van der Waals surface area contributed by atoms with Crippen LogP contribution in [0.25, 0.3) is 22.0 Å². The van der Waals surface area contributed by atoms with Crippen LogP contribution in [0.2, 0.25) is 0 Å². The summed E-state index contributed by atoms with van der Waals surface area (Å²) in [6, 6.07) is 32.3. The molecule has 0 bridgehead atoms. The number of hydrogen-bond acceptors (Lipinski definition) is 2. The summed E-state index contributed by atoms with van der Waals surface area (Å²) < 4.78 is 0. The van der Waals surface area contributed by atoms with Crippen molar-refractivity contribution >= 4 is 45.8 Å². The number of fused-ring (bicyclic) bond motifs is 2. The molecule has 3 heteroatoms. The normalized spacial score (nSPS) is 13.3. The molecule has 258 valence electrons. The first kappa shape index (κ1) is 35.3. The first-order chi connectivity index (χ1) is 24.5. The van der Waals surface area contributed by atoms with Crippen molar-refractivity contribution < 1.29 is 0 Å². The minimum atomic E-state index is 0.173. The molecular formula is C48H52BNS. The van der Waals surface area contributed by atoms with Crippen LogP contribution in [0.5, 0.6) is 0 Å². The highest BCUT2D eigenvalue weighted by molar-refractivity contribution is 7.99. The van der Waals surface area contributed by atoms with E-state index in [9.17, 15) is 0 Å². The zero-order valence-electron chi connectivity index (χ0n) is 32.3. The first-order valence-corrected chi connectivity index (χ1v) is 19.7. The van der Waals surface area contributed by atoms with E-state index in [4.69, 9.17) is 4.98 Å². The Morgan fingerprint density at radius 2 is 1.24 bits per heavy atom. The molecule has 0 saturated carbocycles. The summed E-state index contributed by atoms with van der Waals surface area (Å²) >= 11 is 1.87. The smallest absolute Gasteiger partial charge is 0.243 e. The maximum Gasteiger partial charge on any atom is 0.243 e. The van der Waals surface area contributed by atoms with E-state index in [0.29, 0.717) is 11.8 Å². The predicted octanol–water partition coefficient (Wildman–Crippen LogP) is 11.4. The molecule has 0 aliphatic carbocycles. The summed E-state index contributed by atoms with van der Waals surface area (Å²) in [6.45, 7) is 23.4. The fourth-order valence-corrected chi connectivity index (χ4v) is 10.7. The number of hydrogen-bond donors (Lipinski definition) is 0. The van der Waals surface area contributed by atoms with Crippen LogP contribution in [-0.2, 0) is 0 Å². The van der Waals surface area contributed by atoms with Crippen molar-refractivity contribution in [1.29, 1.82) is 0 Å². The van der Waals surface area contributed by atoms with Crippen molar-refractivity contribution in [3.8, 4) is 11.1 Å². The summed E-state index contributed by atoms with van der Waals surface area (Å²) in [4.78, 5) is 8.07. The molecule has 1 aliphatic heterocycles. The van der Waals surface area contributed by atoms with Gasteiger partial charge >= 0.3 is 0 Å². The van der Waals surface area contributed by atoms with E-state index in [2.05, 4.69) is 154 Å². The Morgan fingerprint density at radius 1 is 0.627 bits per heavy atom.